The number of carbonyl (C=O) groups excluding carboxylic acids is 1. The standard InChI is InChI=1S/C23H31F3N4O/c24-23(25,26)10-8-22(31)28-20-6-4-18(5-7-20)9-11-29-12-14-30(15-13-29)21-3-1-2-19(16-21)17-27/h1-3,16,18,20H,4-15H2,(H,28,31)/t18-,20-. The molecule has 1 aliphatic heterocycles. The summed E-state index contributed by atoms with van der Waals surface area (Å²) in [6, 6.07) is 9.95. The number of nitrogens with zero attached hydrogens (tertiary/aromatic N) is 3. The van der Waals surface area contributed by atoms with Crippen LogP contribution < -0.4 is 10.2 Å². The molecule has 0 atom stereocenters. The first-order valence-corrected chi connectivity index (χ1v) is 11.2. The Balaban J connectivity index is 1.31. The van der Waals surface area contributed by atoms with Crippen LogP contribution in [0.15, 0.2) is 24.3 Å². The van der Waals surface area contributed by atoms with Crippen molar-refractivity contribution >= 4 is 11.6 Å². The summed E-state index contributed by atoms with van der Waals surface area (Å²) in [7, 11) is 0. The number of carbonyl (C=O) groups is 1. The van der Waals surface area contributed by atoms with E-state index in [1.54, 1.807) is 0 Å². The maximum Gasteiger partial charge on any atom is 0.389 e. The van der Waals surface area contributed by atoms with Gasteiger partial charge in [-0.2, -0.15) is 18.4 Å². The fraction of sp³-hybridized carbons (Fsp3) is 0.652. The van der Waals surface area contributed by atoms with Crippen molar-refractivity contribution in [1.29, 1.82) is 5.26 Å². The van der Waals surface area contributed by atoms with Gasteiger partial charge in [-0.25, -0.2) is 0 Å². The number of alkyl halides is 3. The van der Waals surface area contributed by atoms with E-state index in [9.17, 15) is 18.0 Å². The third-order valence-corrected chi connectivity index (χ3v) is 6.41. The molecule has 1 heterocycles. The van der Waals surface area contributed by atoms with Crippen LogP contribution in [0.5, 0.6) is 0 Å². The lowest BCUT2D eigenvalue weighted by Crippen LogP contribution is -2.47. The average Bonchev–Trinajstić information content (AvgIpc) is 2.77. The minimum absolute atomic E-state index is 0.0182. The number of nitriles is 1. The second-order valence-electron chi connectivity index (χ2n) is 8.68. The van der Waals surface area contributed by atoms with Crippen molar-refractivity contribution in [3.05, 3.63) is 29.8 Å². The minimum atomic E-state index is -4.28. The highest BCUT2D eigenvalue weighted by atomic mass is 19.4. The van der Waals surface area contributed by atoms with E-state index in [0.717, 1.165) is 70.5 Å². The first kappa shape index (κ1) is 23.4. The van der Waals surface area contributed by atoms with Crippen LogP contribution in [0.25, 0.3) is 0 Å². The highest BCUT2D eigenvalue weighted by molar-refractivity contribution is 5.76. The van der Waals surface area contributed by atoms with Gasteiger partial charge in [-0.3, -0.25) is 9.69 Å². The molecule has 0 unspecified atom stereocenters. The molecular weight excluding hydrogens is 405 g/mol. The van der Waals surface area contributed by atoms with Crippen molar-refractivity contribution in [2.24, 2.45) is 5.92 Å². The fourth-order valence-electron chi connectivity index (χ4n) is 4.52. The van der Waals surface area contributed by atoms with E-state index >= 15 is 0 Å². The lowest BCUT2D eigenvalue weighted by molar-refractivity contribution is -0.144. The second-order valence-corrected chi connectivity index (χ2v) is 8.68. The third kappa shape index (κ3) is 7.73. The molecule has 31 heavy (non-hydrogen) atoms. The zero-order valence-electron chi connectivity index (χ0n) is 17.8. The van der Waals surface area contributed by atoms with Gasteiger partial charge in [0.25, 0.3) is 0 Å². The topological polar surface area (TPSA) is 59.4 Å². The van der Waals surface area contributed by atoms with Crippen LogP contribution in [0.2, 0.25) is 0 Å². The Morgan fingerprint density at radius 1 is 1.13 bits per heavy atom. The quantitative estimate of drug-likeness (QED) is 0.700. The largest absolute Gasteiger partial charge is 0.389 e. The molecule has 1 N–H and O–H groups in total. The van der Waals surface area contributed by atoms with Crippen molar-refractivity contribution in [2.45, 2.75) is 57.2 Å². The number of hydrogen-bond donors (Lipinski definition) is 1. The molecule has 5 nitrogen and oxygen atoms in total. The van der Waals surface area contributed by atoms with Crippen LogP contribution in [-0.4, -0.2) is 55.7 Å². The predicted molar refractivity (Wildman–Crippen MR) is 114 cm³/mol. The van der Waals surface area contributed by atoms with Gasteiger partial charge >= 0.3 is 6.18 Å². The zero-order valence-corrected chi connectivity index (χ0v) is 17.8. The van der Waals surface area contributed by atoms with Crippen LogP contribution in [0.4, 0.5) is 18.9 Å². The Hall–Kier alpha value is -2.27. The van der Waals surface area contributed by atoms with E-state index in [1.807, 2.05) is 18.2 Å². The van der Waals surface area contributed by atoms with Crippen LogP contribution in [0.1, 0.15) is 50.5 Å². The summed E-state index contributed by atoms with van der Waals surface area (Å²) < 4.78 is 36.7. The Morgan fingerprint density at radius 3 is 2.48 bits per heavy atom. The number of amides is 1. The van der Waals surface area contributed by atoms with Gasteiger partial charge in [0, 0.05) is 44.3 Å². The molecule has 1 saturated carbocycles. The molecule has 3 rings (SSSR count). The number of piperazine rings is 1. The molecule has 1 saturated heterocycles. The summed E-state index contributed by atoms with van der Waals surface area (Å²) in [6.07, 6.45) is -0.936. The number of anilines is 1. The predicted octanol–water partition coefficient (Wildman–Crippen LogP) is 4.09. The maximum atomic E-state index is 12.2. The number of rotatable bonds is 7. The molecule has 0 bridgehead atoms. The van der Waals surface area contributed by atoms with E-state index in [4.69, 9.17) is 5.26 Å². The lowest BCUT2D eigenvalue weighted by Gasteiger charge is -2.37. The van der Waals surface area contributed by atoms with E-state index in [0.29, 0.717) is 11.5 Å². The van der Waals surface area contributed by atoms with Crippen molar-refractivity contribution in [1.82, 2.24) is 10.2 Å². The molecule has 2 fully saturated rings. The number of benzene rings is 1. The van der Waals surface area contributed by atoms with Crippen molar-refractivity contribution in [2.75, 3.05) is 37.6 Å². The fourth-order valence-corrected chi connectivity index (χ4v) is 4.52. The Kier molecular flexibility index (Phi) is 8.19. The summed E-state index contributed by atoms with van der Waals surface area (Å²) in [4.78, 5) is 16.5. The molecule has 8 heteroatoms. The van der Waals surface area contributed by atoms with Gasteiger partial charge in [-0.15, -0.1) is 0 Å². The number of nitrogens with one attached hydrogen (secondary N) is 1. The number of hydrogen-bond acceptors (Lipinski definition) is 4. The van der Waals surface area contributed by atoms with Crippen LogP contribution in [0, 0.1) is 17.2 Å². The van der Waals surface area contributed by atoms with Gasteiger partial charge in [-0.05, 0) is 62.8 Å². The van der Waals surface area contributed by atoms with E-state index in [1.165, 1.54) is 0 Å². The molecule has 0 spiro atoms. The van der Waals surface area contributed by atoms with Gasteiger partial charge in [0.1, 0.15) is 0 Å². The summed E-state index contributed by atoms with van der Waals surface area (Å²) in [5, 5.41) is 11.8. The minimum Gasteiger partial charge on any atom is -0.369 e. The first-order chi connectivity index (χ1) is 14.8. The van der Waals surface area contributed by atoms with Gasteiger partial charge in [-0.1, -0.05) is 6.07 Å². The van der Waals surface area contributed by atoms with E-state index in [-0.39, 0.29) is 6.04 Å². The smallest absolute Gasteiger partial charge is 0.369 e. The molecule has 1 aromatic carbocycles. The molecule has 0 aromatic heterocycles. The van der Waals surface area contributed by atoms with E-state index in [2.05, 4.69) is 27.3 Å². The normalized spacial score (nSPS) is 22.7. The Labute approximate surface area is 182 Å². The molecule has 1 amide bonds. The molecule has 170 valence electrons. The van der Waals surface area contributed by atoms with Crippen molar-refractivity contribution in [3.8, 4) is 6.07 Å². The summed E-state index contributed by atoms with van der Waals surface area (Å²) in [5.41, 5.74) is 1.79. The second kappa shape index (κ2) is 10.9. The highest BCUT2D eigenvalue weighted by Gasteiger charge is 2.29. The lowest BCUT2D eigenvalue weighted by atomic mass is 9.84. The zero-order chi connectivity index (χ0) is 22.3. The SMILES string of the molecule is N#Cc1cccc(N2CCN(CC[C@H]3CC[C@H](NC(=O)CCC(F)(F)F)CC3)CC2)c1. The summed E-state index contributed by atoms with van der Waals surface area (Å²) >= 11 is 0. The monoisotopic (exact) mass is 436 g/mol. The van der Waals surface area contributed by atoms with Crippen LogP contribution >= 0.6 is 0 Å². The molecule has 2 aliphatic rings. The molecule has 1 aliphatic carbocycles. The third-order valence-electron chi connectivity index (χ3n) is 6.41. The number of halogens is 3. The van der Waals surface area contributed by atoms with E-state index < -0.39 is 24.9 Å². The van der Waals surface area contributed by atoms with Gasteiger partial charge < -0.3 is 10.2 Å². The van der Waals surface area contributed by atoms with Crippen LogP contribution in [-0.2, 0) is 4.79 Å². The Bertz CT molecular complexity index is 761. The van der Waals surface area contributed by atoms with Crippen molar-refractivity contribution < 1.29 is 18.0 Å². The average molecular weight is 437 g/mol. The van der Waals surface area contributed by atoms with Gasteiger partial charge in [0.2, 0.25) is 5.91 Å². The van der Waals surface area contributed by atoms with Crippen molar-refractivity contribution in [3.63, 3.8) is 0 Å². The Morgan fingerprint density at radius 2 is 1.84 bits per heavy atom. The molecule has 1 aromatic rings. The summed E-state index contributed by atoms with van der Waals surface area (Å²) in [5.74, 6) is 0.132. The van der Waals surface area contributed by atoms with Gasteiger partial charge in [0.15, 0.2) is 0 Å². The molecule has 0 radical (unpaired) electrons. The van der Waals surface area contributed by atoms with Crippen LogP contribution in [0.3, 0.4) is 0 Å². The first-order valence-electron chi connectivity index (χ1n) is 11.2. The van der Waals surface area contributed by atoms with Gasteiger partial charge in [0.05, 0.1) is 18.1 Å². The highest BCUT2D eigenvalue weighted by Crippen LogP contribution is 2.28. The maximum absolute atomic E-state index is 12.2. The summed E-state index contributed by atoms with van der Waals surface area (Å²) in [6.45, 7) is 4.96. The molecular formula is C23H31F3N4O.